The molecule has 0 fully saturated rings. The number of pyridine rings is 1. The molecule has 3 nitrogen and oxygen atoms in total. The predicted octanol–water partition coefficient (Wildman–Crippen LogP) is 2.43. The first-order chi connectivity index (χ1) is 8.63. The van der Waals surface area contributed by atoms with Crippen molar-refractivity contribution in [3.8, 4) is 0 Å². The predicted molar refractivity (Wildman–Crippen MR) is 70.2 cm³/mol. The number of aromatic nitrogens is 1. The van der Waals surface area contributed by atoms with E-state index in [1.54, 1.807) is 12.3 Å². The molecule has 1 aromatic heterocycles. The minimum Gasteiger partial charge on any atom is -0.399 e. The van der Waals surface area contributed by atoms with E-state index in [0.717, 1.165) is 17.7 Å². The van der Waals surface area contributed by atoms with Gasteiger partial charge in [0.2, 0.25) is 0 Å². The van der Waals surface area contributed by atoms with Crippen molar-refractivity contribution in [3.05, 3.63) is 59.7 Å². The Hall–Kier alpha value is -1.94. The molecule has 0 amide bonds. The maximum atomic E-state index is 13.2. The van der Waals surface area contributed by atoms with Crippen molar-refractivity contribution in [2.45, 2.75) is 13.1 Å². The van der Waals surface area contributed by atoms with Gasteiger partial charge in [-0.05, 0) is 42.4 Å². The third kappa shape index (κ3) is 3.53. The Balaban J connectivity index is 2.01. The summed E-state index contributed by atoms with van der Waals surface area (Å²) in [5, 5.41) is 0. The van der Waals surface area contributed by atoms with Gasteiger partial charge in [-0.15, -0.1) is 0 Å². The van der Waals surface area contributed by atoms with Crippen LogP contribution in [0.3, 0.4) is 0 Å². The van der Waals surface area contributed by atoms with Gasteiger partial charge in [-0.1, -0.05) is 6.07 Å². The molecule has 2 N–H and O–H groups in total. The van der Waals surface area contributed by atoms with Crippen LogP contribution in [0, 0.1) is 5.82 Å². The summed E-state index contributed by atoms with van der Waals surface area (Å²) in [5.74, 6) is -0.292. The summed E-state index contributed by atoms with van der Waals surface area (Å²) in [4.78, 5) is 6.15. The molecule has 0 aliphatic rings. The van der Waals surface area contributed by atoms with Gasteiger partial charge < -0.3 is 5.73 Å². The second-order valence-electron chi connectivity index (χ2n) is 4.43. The van der Waals surface area contributed by atoms with Gasteiger partial charge in [0.15, 0.2) is 0 Å². The molecule has 1 heterocycles. The summed E-state index contributed by atoms with van der Waals surface area (Å²) in [5.41, 5.74) is 8.08. The number of hydrogen-bond acceptors (Lipinski definition) is 3. The number of anilines is 1. The molecule has 0 atom stereocenters. The van der Waals surface area contributed by atoms with Crippen LogP contribution in [-0.2, 0) is 13.1 Å². The molecule has 0 bridgehead atoms. The van der Waals surface area contributed by atoms with Crippen LogP contribution < -0.4 is 5.73 Å². The Morgan fingerprint density at radius 2 is 2.00 bits per heavy atom. The second kappa shape index (κ2) is 5.60. The molecule has 0 saturated carbocycles. The molecule has 2 rings (SSSR count). The van der Waals surface area contributed by atoms with Crippen molar-refractivity contribution in [2.75, 3.05) is 12.8 Å². The zero-order chi connectivity index (χ0) is 13.0. The first-order valence-corrected chi connectivity index (χ1v) is 5.76. The second-order valence-corrected chi connectivity index (χ2v) is 4.43. The average molecular weight is 245 g/mol. The normalized spacial score (nSPS) is 10.8. The summed E-state index contributed by atoms with van der Waals surface area (Å²) in [6, 6.07) is 8.55. The molecule has 0 unspecified atom stereocenters. The maximum Gasteiger partial charge on any atom is 0.125 e. The van der Waals surface area contributed by atoms with Crippen molar-refractivity contribution in [1.82, 2.24) is 9.88 Å². The summed E-state index contributed by atoms with van der Waals surface area (Å²) in [7, 11) is 1.98. The minimum atomic E-state index is -0.292. The number of benzene rings is 1. The molecule has 94 valence electrons. The number of hydrogen-bond donors (Lipinski definition) is 1. The molecule has 0 saturated heterocycles. The first kappa shape index (κ1) is 12.5. The fourth-order valence-electron chi connectivity index (χ4n) is 1.94. The highest BCUT2D eigenvalue weighted by atomic mass is 19.1. The number of rotatable bonds is 4. The topological polar surface area (TPSA) is 42.2 Å². The third-order valence-corrected chi connectivity index (χ3v) is 2.61. The molecule has 2 aromatic rings. The van der Waals surface area contributed by atoms with Crippen molar-refractivity contribution >= 4 is 5.69 Å². The molecule has 0 aliphatic carbocycles. The highest BCUT2D eigenvalue weighted by Crippen LogP contribution is 2.13. The Bertz CT molecular complexity index is 493. The van der Waals surface area contributed by atoms with E-state index >= 15 is 0 Å². The highest BCUT2D eigenvalue weighted by molar-refractivity contribution is 5.41. The number of halogens is 1. The molecule has 0 radical (unpaired) electrons. The van der Waals surface area contributed by atoms with Gasteiger partial charge in [0, 0.05) is 31.2 Å². The SMILES string of the molecule is CN(Cc1cccnc1)Cc1cc(N)cc(F)c1. The van der Waals surface area contributed by atoms with Crippen LogP contribution in [0.2, 0.25) is 0 Å². The Labute approximate surface area is 106 Å². The zero-order valence-electron chi connectivity index (χ0n) is 10.3. The number of nitrogens with zero attached hydrogens (tertiary/aromatic N) is 2. The fourth-order valence-corrected chi connectivity index (χ4v) is 1.94. The van der Waals surface area contributed by atoms with Crippen LogP contribution in [0.4, 0.5) is 10.1 Å². The van der Waals surface area contributed by atoms with E-state index in [2.05, 4.69) is 9.88 Å². The summed E-state index contributed by atoms with van der Waals surface area (Å²) in [6.07, 6.45) is 3.58. The van der Waals surface area contributed by atoms with Gasteiger partial charge in [0.1, 0.15) is 5.82 Å². The Morgan fingerprint density at radius 3 is 2.67 bits per heavy atom. The number of nitrogens with two attached hydrogens (primary N) is 1. The maximum absolute atomic E-state index is 13.2. The fraction of sp³-hybridized carbons (Fsp3) is 0.214. The van der Waals surface area contributed by atoms with E-state index in [1.807, 2.05) is 25.4 Å². The lowest BCUT2D eigenvalue weighted by molar-refractivity contribution is 0.318. The van der Waals surface area contributed by atoms with E-state index in [1.165, 1.54) is 12.1 Å². The molecule has 0 spiro atoms. The largest absolute Gasteiger partial charge is 0.399 e. The van der Waals surface area contributed by atoms with Crippen molar-refractivity contribution in [2.24, 2.45) is 0 Å². The summed E-state index contributed by atoms with van der Waals surface area (Å²) < 4.78 is 13.2. The van der Waals surface area contributed by atoms with Gasteiger partial charge in [0.25, 0.3) is 0 Å². The van der Waals surface area contributed by atoms with Crippen LogP contribution >= 0.6 is 0 Å². The lowest BCUT2D eigenvalue weighted by Crippen LogP contribution is -2.17. The molecule has 1 aromatic carbocycles. The van der Waals surface area contributed by atoms with E-state index < -0.39 is 0 Å². The Kier molecular flexibility index (Phi) is 3.89. The Morgan fingerprint density at radius 1 is 1.22 bits per heavy atom. The first-order valence-electron chi connectivity index (χ1n) is 5.76. The van der Waals surface area contributed by atoms with E-state index in [9.17, 15) is 4.39 Å². The van der Waals surface area contributed by atoms with Gasteiger partial charge >= 0.3 is 0 Å². The standard InChI is InChI=1S/C14H16FN3/c1-18(9-11-3-2-4-17-8-11)10-12-5-13(15)7-14(16)6-12/h2-8H,9-10,16H2,1H3. The van der Waals surface area contributed by atoms with E-state index in [4.69, 9.17) is 5.73 Å². The monoisotopic (exact) mass is 245 g/mol. The van der Waals surface area contributed by atoms with Gasteiger partial charge in [0.05, 0.1) is 0 Å². The van der Waals surface area contributed by atoms with Crippen LogP contribution in [0.15, 0.2) is 42.7 Å². The van der Waals surface area contributed by atoms with Crippen molar-refractivity contribution in [3.63, 3.8) is 0 Å². The van der Waals surface area contributed by atoms with E-state index in [0.29, 0.717) is 12.2 Å². The van der Waals surface area contributed by atoms with Crippen molar-refractivity contribution < 1.29 is 4.39 Å². The molecule has 0 aliphatic heterocycles. The smallest absolute Gasteiger partial charge is 0.125 e. The van der Waals surface area contributed by atoms with Crippen LogP contribution in [-0.4, -0.2) is 16.9 Å². The third-order valence-electron chi connectivity index (χ3n) is 2.61. The minimum absolute atomic E-state index is 0.292. The zero-order valence-corrected chi connectivity index (χ0v) is 10.3. The molecule has 4 heteroatoms. The van der Waals surface area contributed by atoms with Crippen LogP contribution in [0.1, 0.15) is 11.1 Å². The molecule has 18 heavy (non-hydrogen) atoms. The van der Waals surface area contributed by atoms with Gasteiger partial charge in [-0.3, -0.25) is 9.88 Å². The van der Waals surface area contributed by atoms with Gasteiger partial charge in [-0.2, -0.15) is 0 Å². The van der Waals surface area contributed by atoms with Crippen molar-refractivity contribution in [1.29, 1.82) is 0 Å². The van der Waals surface area contributed by atoms with Gasteiger partial charge in [-0.25, -0.2) is 4.39 Å². The molecular weight excluding hydrogens is 229 g/mol. The van der Waals surface area contributed by atoms with Crippen LogP contribution in [0.25, 0.3) is 0 Å². The molecular formula is C14H16FN3. The summed E-state index contributed by atoms with van der Waals surface area (Å²) in [6.45, 7) is 1.42. The van der Waals surface area contributed by atoms with Crippen LogP contribution in [0.5, 0.6) is 0 Å². The lowest BCUT2D eigenvalue weighted by Gasteiger charge is -2.16. The highest BCUT2D eigenvalue weighted by Gasteiger charge is 2.04. The lowest BCUT2D eigenvalue weighted by atomic mass is 10.1. The van der Waals surface area contributed by atoms with E-state index in [-0.39, 0.29) is 5.82 Å². The quantitative estimate of drug-likeness (QED) is 0.841. The number of nitrogen functional groups attached to an aromatic ring is 1. The average Bonchev–Trinajstić information content (AvgIpc) is 2.28. The summed E-state index contributed by atoms with van der Waals surface area (Å²) >= 11 is 0.